The number of rotatable bonds is 7. The maximum absolute atomic E-state index is 12.2. The Morgan fingerprint density at radius 3 is 2.71 bits per heavy atom. The molecule has 1 fully saturated rings. The minimum atomic E-state index is -4.07. The Morgan fingerprint density at radius 1 is 1.32 bits per heavy atom. The Balaban J connectivity index is 1.55. The zero-order valence-corrected chi connectivity index (χ0v) is 16.7. The summed E-state index contributed by atoms with van der Waals surface area (Å²) < 4.78 is 17.3. The minimum Gasteiger partial charge on any atom is -0.389 e. The van der Waals surface area contributed by atoms with Crippen LogP contribution in [0.2, 0.25) is 0 Å². The van der Waals surface area contributed by atoms with Crippen molar-refractivity contribution in [1.29, 1.82) is 0 Å². The van der Waals surface area contributed by atoms with Gasteiger partial charge >= 0.3 is 7.75 Å². The van der Waals surface area contributed by atoms with Gasteiger partial charge in [0.1, 0.15) is 23.1 Å². The number of benzene rings is 1. The van der Waals surface area contributed by atoms with Crippen LogP contribution in [0, 0.1) is 0 Å². The first-order valence-corrected chi connectivity index (χ1v) is 11.1. The van der Waals surface area contributed by atoms with Crippen LogP contribution >= 0.6 is 19.5 Å². The van der Waals surface area contributed by atoms with Crippen LogP contribution in [0.25, 0.3) is 0 Å². The predicted molar refractivity (Wildman–Crippen MR) is 108 cm³/mol. The van der Waals surface area contributed by atoms with Gasteiger partial charge < -0.3 is 25.7 Å². The Bertz CT molecular complexity index is 821. The topological polar surface area (TPSA) is 141 Å². The summed E-state index contributed by atoms with van der Waals surface area (Å²) in [5.74, 6) is 0.632. The molecule has 5 atom stereocenters. The number of nitrogens with two attached hydrogens (primary N) is 1. The highest BCUT2D eigenvalue weighted by atomic mass is 32.2. The molecule has 1 unspecified atom stereocenters. The number of amidine groups is 1. The van der Waals surface area contributed by atoms with E-state index in [2.05, 4.69) is 16.7 Å². The number of nitrogens with zero attached hydrogens (tertiary/aromatic N) is 2. The first-order chi connectivity index (χ1) is 13.3. The van der Waals surface area contributed by atoms with Gasteiger partial charge in [0.25, 0.3) is 0 Å². The second-order valence-electron chi connectivity index (χ2n) is 6.36. The van der Waals surface area contributed by atoms with Gasteiger partial charge in [-0.05, 0) is 11.6 Å². The molecule has 0 saturated carbocycles. The van der Waals surface area contributed by atoms with Gasteiger partial charge in [-0.15, -0.1) is 11.8 Å². The number of nitrogens with one attached hydrogen (secondary N) is 1. The molecule has 9 nitrogen and oxygen atoms in total. The van der Waals surface area contributed by atoms with Crippen molar-refractivity contribution in [3.8, 4) is 0 Å². The molecule has 1 aromatic carbocycles. The van der Waals surface area contributed by atoms with Gasteiger partial charge in [0.2, 0.25) is 0 Å². The molecule has 0 spiro atoms. The van der Waals surface area contributed by atoms with Gasteiger partial charge in [0.05, 0.1) is 18.0 Å². The Morgan fingerprint density at radius 2 is 2.04 bits per heavy atom. The smallest absolute Gasteiger partial charge is 0.389 e. The molecule has 6 N–H and O–H groups in total. The first kappa shape index (κ1) is 21.1. The summed E-state index contributed by atoms with van der Waals surface area (Å²) in [6.45, 7) is 3.74. The fraction of sp³-hybridized carbons (Fsp3) is 0.353. The largest absolute Gasteiger partial charge is 0.403 e. The van der Waals surface area contributed by atoms with Crippen molar-refractivity contribution in [2.45, 2.75) is 29.4 Å². The van der Waals surface area contributed by atoms with E-state index >= 15 is 0 Å². The summed E-state index contributed by atoms with van der Waals surface area (Å²) in [4.78, 5) is 15.6. The van der Waals surface area contributed by atoms with Crippen molar-refractivity contribution in [2.24, 2.45) is 10.7 Å². The lowest BCUT2D eigenvalue weighted by molar-refractivity contribution is 0.00571. The maximum atomic E-state index is 12.2. The SMILES string of the molecule is C=C1N=C(N)C=CN1[C@@H]1S[C@H](COP(=O)(O)NCc2ccccc2)[C@@H](O)[C@@H]1O. The molecule has 0 aromatic heterocycles. The molecular weight excluding hydrogens is 403 g/mol. The van der Waals surface area contributed by atoms with Crippen LogP contribution in [0.1, 0.15) is 5.56 Å². The number of hydrogen-bond donors (Lipinski definition) is 5. The van der Waals surface area contributed by atoms with E-state index in [-0.39, 0.29) is 13.2 Å². The van der Waals surface area contributed by atoms with Gasteiger partial charge in [-0.3, -0.25) is 4.52 Å². The van der Waals surface area contributed by atoms with Gasteiger partial charge in [-0.1, -0.05) is 36.9 Å². The fourth-order valence-corrected chi connectivity index (χ4v) is 5.23. The van der Waals surface area contributed by atoms with Crippen LogP contribution in [0.3, 0.4) is 0 Å². The predicted octanol–water partition coefficient (Wildman–Crippen LogP) is 0.714. The van der Waals surface area contributed by atoms with E-state index in [0.29, 0.717) is 11.7 Å². The number of aliphatic hydroxyl groups excluding tert-OH is 2. The van der Waals surface area contributed by atoms with Crippen LogP contribution < -0.4 is 10.8 Å². The number of thioether (sulfide) groups is 1. The molecule has 0 radical (unpaired) electrons. The molecular formula is C17H23N4O5PS. The zero-order chi connectivity index (χ0) is 20.3. The standard InChI is InChI=1S/C17H23N4O5PS/c1-11-20-14(18)7-8-21(11)17-16(23)15(22)13(28-17)10-26-27(24,25)19-9-12-5-3-2-4-6-12/h2-8,13,15-17,22-23H,1,9-10H2,(H2,18,20)(H2,19,24,25)/t13-,15-,16+,17-/m1/s1. The lowest BCUT2D eigenvalue weighted by Gasteiger charge is -2.30. The Labute approximate surface area is 167 Å². The lowest BCUT2D eigenvalue weighted by atomic mass is 10.1. The lowest BCUT2D eigenvalue weighted by Crippen LogP contribution is -2.41. The van der Waals surface area contributed by atoms with Crippen molar-refractivity contribution < 1.29 is 24.2 Å². The molecule has 1 saturated heterocycles. The molecule has 1 aromatic rings. The molecule has 2 aliphatic rings. The zero-order valence-electron chi connectivity index (χ0n) is 15.0. The normalized spacial score (nSPS) is 29.6. The highest BCUT2D eigenvalue weighted by molar-refractivity contribution is 8.00. The maximum Gasteiger partial charge on any atom is 0.403 e. The minimum absolute atomic E-state index is 0.165. The van der Waals surface area contributed by atoms with Crippen LogP contribution in [-0.4, -0.2) is 55.3 Å². The third kappa shape index (κ3) is 5.03. The van der Waals surface area contributed by atoms with E-state index in [1.165, 1.54) is 11.8 Å². The van der Waals surface area contributed by atoms with Crippen LogP contribution in [0.15, 0.2) is 60.0 Å². The molecule has 0 bridgehead atoms. The highest BCUT2D eigenvalue weighted by Crippen LogP contribution is 2.43. The van der Waals surface area contributed by atoms with Gasteiger partial charge in [-0.2, -0.15) is 0 Å². The average molecular weight is 426 g/mol. The van der Waals surface area contributed by atoms with Crippen molar-refractivity contribution in [1.82, 2.24) is 9.99 Å². The molecule has 0 aliphatic carbocycles. The van der Waals surface area contributed by atoms with Crippen molar-refractivity contribution in [3.05, 3.63) is 60.6 Å². The first-order valence-electron chi connectivity index (χ1n) is 8.54. The number of hydrogen-bond acceptors (Lipinski definition) is 8. The third-order valence-electron chi connectivity index (χ3n) is 4.31. The van der Waals surface area contributed by atoms with Crippen LogP contribution in [0.4, 0.5) is 0 Å². The van der Waals surface area contributed by atoms with Gasteiger partial charge in [0, 0.05) is 12.7 Å². The number of aliphatic imine (C=N–C) groups is 1. The third-order valence-corrected chi connectivity index (χ3v) is 6.92. The molecule has 11 heteroatoms. The van der Waals surface area contributed by atoms with Crippen molar-refractivity contribution >= 4 is 25.3 Å². The fourth-order valence-electron chi connectivity index (χ4n) is 2.82. The summed E-state index contributed by atoms with van der Waals surface area (Å²) in [7, 11) is -4.07. The summed E-state index contributed by atoms with van der Waals surface area (Å²) in [5, 5.41) is 22.0. The van der Waals surface area contributed by atoms with Gasteiger partial charge in [0.15, 0.2) is 0 Å². The Hall–Kier alpha value is -1.65. The van der Waals surface area contributed by atoms with E-state index in [0.717, 1.165) is 5.56 Å². The van der Waals surface area contributed by atoms with E-state index in [1.807, 2.05) is 30.3 Å². The second-order valence-corrected chi connectivity index (χ2v) is 9.33. The Kier molecular flexibility index (Phi) is 6.61. The van der Waals surface area contributed by atoms with E-state index in [9.17, 15) is 19.7 Å². The molecule has 152 valence electrons. The van der Waals surface area contributed by atoms with Crippen LogP contribution in [0.5, 0.6) is 0 Å². The molecule has 3 rings (SSSR count). The van der Waals surface area contributed by atoms with E-state index < -0.39 is 30.6 Å². The second kappa shape index (κ2) is 8.79. The average Bonchev–Trinajstić information content (AvgIpc) is 2.94. The van der Waals surface area contributed by atoms with Gasteiger partial charge in [-0.25, -0.2) is 14.6 Å². The summed E-state index contributed by atoms with van der Waals surface area (Å²) in [6, 6.07) is 9.14. The summed E-state index contributed by atoms with van der Waals surface area (Å²) >= 11 is 1.21. The van der Waals surface area contributed by atoms with Crippen molar-refractivity contribution in [2.75, 3.05) is 6.61 Å². The quantitative estimate of drug-likeness (QED) is 0.399. The molecule has 0 amide bonds. The molecule has 2 heterocycles. The summed E-state index contributed by atoms with van der Waals surface area (Å²) in [6.07, 6.45) is 0.923. The highest BCUT2D eigenvalue weighted by Gasteiger charge is 2.46. The monoisotopic (exact) mass is 426 g/mol. The summed E-state index contributed by atoms with van der Waals surface area (Å²) in [5.41, 5.74) is 6.45. The molecule has 28 heavy (non-hydrogen) atoms. The molecule has 2 aliphatic heterocycles. The number of aliphatic hydroxyl groups is 2. The van der Waals surface area contributed by atoms with Crippen molar-refractivity contribution in [3.63, 3.8) is 0 Å². The van der Waals surface area contributed by atoms with Crippen LogP contribution in [-0.2, 0) is 15.6 Å². The van der Waals surface area contributed by atoms with E-state index in [4.69, 9.17) is 10.3 Å². The van der Waals surface area contributed by atoms with E-state index in [1.54, 1.807) is 17.2 Å².